The number of carbonyl (C=O) groups excluding carboxylic acids is 1. The van der Waals surface area contributed by atoms with Gasteiger partial charge in [0, 0.05) is 6.42 Å². The van der Waals surface area contributed by atoms with Crippen LogP contribution in [0.1, 0.15) is 168 Å². The fraction of sp³-hybridized carbons (Fsp3) is 0.979. The van der Waals surface area contributed by atoms with E-state index in [1.807, 2.05) is 0 Å². The lowest BCUT2D eigenvalue weighted by molar-refractivity contribution is -0.379. The second-order valence-electron chi connectivity index (χ2n) is 19.0. The summed E-state index contributed by atoms with van der Waals surface area (Å²) in [6, 6.07) is -0.876. The molecule has 3 fully saturated rings. The van der Waals surface area contributed by atoms with Gasteiger partial charge in [0.1, 0.15) is 73.2 Å². The molecule has 0 saturated carbocycles. The first kappa shape index (κ1) is 60.1. The van der Waals surface area contributed by atoms with Gasteiger partial charge in [0.05, 0.1) is 38.6 Å². The Balaban J connectivity index is 1.55. The highest BCUT2D eigenvalue weighted by Gasteiger charge is 2.53. The summed E-state index contributed by atoms with van der Waals surface area (Å²) in [5.41, 5.74) is 0. The number of rotatable bonds is 36. The molecular weight excluding hydrogens is 879 g/mol. The van der Waals surface area contributed by atoms with Crippen LogP contribution in [-0.2, 0) is 33.2 Å². The average molecular weight is 970 g/mol. The van der Waals surface area contributed by atoms with Crippen molar-refractivity contribution in [1.29, 1.82) is 0 Å². The van der Waals surface area contributed by atoms with Crippen LogP contribution in [0.25, 0.3) is 0 Å². The Morgan fingerprint density at radius 3 is 1.30 bits per heavy atom. The molecule has 0 bridgehead atoms. The number of aliphatic hydroxyl groups is 11. The van der Waals surface area contributed by atoms with E-state index in [2.05, 4.69) is 19.2 Å². The number of carbonyl (C=O) groups is 1. The van der Waals surface area contributed by atoms with Crippen molar-refractivity contribution in [1.82, 2.24) is 5.32 Å². The molecule has 3 saturated heterocycles. The molecule has 3 rings (SSSR count). The van der Waals surface area contributed by atoms with Crippen LogP contribution in [0.3, 0.4) is 0 Å². The molecule has 19 nitrogen and oxygen atoms in total. The van der Waals surface area contributed by atoms with E-state index >= 15 is 0 Å². The normalized spacial score (nSPS) is 33.4. The summed E-state index contributed by atoms with van der Waals surface area (Å²) in [5, 5.41) is 120. The highest BCUT2D eigenvalue weighted by atomic mass is 16.8. The molecule has 3 aliphatic heterocycles. The van der Waals surface area contributed by atoms with Crippen LogP contribution in [0.5, 0.6) is 0 Å². The van der Waals surface area contributed by atoms with Crippen LogP contribution >= 0.6 is 0 Å². The predicted molar refractivity (Wildman–Crippen MR) is 245 cm³/mol. The van der Waals surface area contributed by atoms with Gasteiger partial charge in [-0.25, -0.2) is 0 Å². The molecule has 1 amide bonds. The third-order valence-electron chi connectivity index (χ3n) is 13.4. The maximum Gasteiger partial charge on any atom is 0.220 e. The van der Waals surface area contributed by atoms with E-state index in [-0.39, 0.29) is 18.9 Å². The average Bonchev–Trinajstić information content (AvgIpc) is 3.32. The quantitative estimate of drug-likeness (QED) is 0.0398. The summed E-state index contributed by atoms with van der Waals surface area (Å²) < 4.78 is 34.1. The largest absolute Gasteiger partial charge is 0.394 e. The number of hydrogen-bond acceptors (Lipinski definition) is 18. The van der Waals surface area contributed by atoms with Gasteiger partial charge < -0.3 is 89.9 Å². The molecule has 0 aromatic carbocycles. The summed E-state index contributed by atoms with van der Waals surface area (Å²) >= 11 is 0. The molecule has 67 heavy (non-hydrogen) atoms. The highest BCUT2D eigenvalue weighted by molar-refractivity contribution is 5.76. The zero-order valence-corrected chi connectivity index (χ0v) is 40.4. The van der Waals surface area contributed by atoms with Gasteiger partial charge in [-0.15, -0.1) is 0 Å². The lowest BCUT2D eigenvalue weighted by atomic mass is 9.96. The number of nitrogens with one attached hydrogen (secondary N) is 1. The minimum Gasteiger partial charge on any atom is -0.394 e. The van der Waals surface area contributed by atoms with E-state index < -0.39 is 124 Å². The molecule has 0 aromatic rings. The number of hydrogen-bond donors (Lipinski definition) is 12. The minimum atomic E-state index is -1.97. The second kappa shape index (κ2) is 34.2. The number of aliphatic hydroxyl groups excluding tert-OH is 11. The van der Waals surface area contributed by atoms with Crippen LogP contribution in [0, 0.1) is 0 Å². The summed E-state index contributed by atoms with van der Waals surface area (Å²) in [5.74, 6) is -0.247. The standard InChI is InChI=1S/C48H91NO18/c1-3-5-7-9-11-13-14-15-16-18-19-21-23-25-32(53)31(49-36(54)26-24-22-20-17-12-10-8-6-4-2)30-62-46-42(60)39(57)44(34(28-51)64-46)67-48-43(61)40(58)45(35(29-52)65-48)66-47-41(59)38(56)37(55)33(27-50)63-47/h31-35,37-48,50-53,55-61H,3-30H2,1-2H3,(H,49,54). The summed E-state index contributed by atoms with van der Waals surface area (Å²) in [6.45, 7) is 1.73. The maximum atomic E-state index is 13.2. The van der Waals surface area contributed by atoms with Gasteiger partial charge in [-0.3, -0.25) is 4.79 Å². The van der Waals surface area contributed by atoms with Crippen molar-refractivity contribution >= 4 is 5.91 Å². The Hall–Kier alpha value is -1.21. The topological polar surface area (TPSA) is 307 Å². The SMILES string of the molecule is CCCCCCCCCCCCCCCC(O)C(COC1OC(CO)C(OC2OC(CO)C(OC3OC(CO)C(O)C(O)C3O)C(O)C2O)C(O)C1O)NC(=O)CCCCCCCCCCC. The molecular formula is C48H91NO18. The monoisotopic (exact) mass is 970 g/mol. The first-order chi connectivity index (χ1) is 32.3. The lowest BCUT2D eigenvalue weighted by Gasteiger charge is -2.48. The van der Waals surface area contributed by atoms with Crippen LogP contribution in [0.2, 0.25) is 0 Å². The van der Waals surface area contributed by atoms with Gasteiger partial charge in [-0.2, -0.15) is 0 Å². The van der Waals surface area contributed by atoms with Crippen molar-refractivity contribution in [2.75, 3.05) is 26.4 Å². The minimum absolute atomic E-state index is 0.247. The van der Waals surface area contributed by atoms with E-state index in [9.17, 15) is 61.0 Å². The van der Waals surface area contributed by atoms with Crippen LogP contribution in [0.4, 0.5) is 0 Å². The third kappa shape index (κ3) is 20.4. The molecule has 3 heterocycles. The summed E-state index contributed by atoms with van der Waals surface area (Å²) in [6.07, 6.45) is -0.618. The molecule has 0 aromatic heterocycles. The fourth-order valence-corrected chi connectivity index (χ4v) is 9.08. The van der Waals surface area contributed by atoms with E-state index in [1.54, 1.807) is 0 Å². The molecule has 3 aliphatic rings. The van der Waals surface area contributed by atoms with Gasteiger partial charge in [0.15, 0.2) is 18.9 Å². The van der Waals surface area contributed by atoms with Gasteiger partial charge in [0.25, 0.3) is 0 Å². The summed E-state index contributed by atoms with van der Waals surface area (Å²) in [4.78, 5) is 13.2. The van der Waals surface area contributed by atoms with Gasteiger partial charge in [-0.05, 0) is 12.8 Å². The molecule has 12 N–H and O–H groups in total. The first-order valence-corrected chi connectivity index (χ1v) is 25.8. The Kier molecular flexibility index (Phi) is 30.7. The van der Waals surface area contributed by atoms with Crippen molar-refractivity contribution in [3.8, 4) is 0 Å². The predicted octanol–water partition coefficient (Wildman–Crippen LogP) is 1.70. The third-order valence-corrected chi connectivity index (χ3v) is 13.4. The van der Waals surface area contributed by atoms with Crippen LogP contribution in [0.15, 0.2) is 0 Å². The van der Waals surface area contributed by atoms with Gasteiger partial charge in [0.2, 0.25) is 5.91 Å². The van der Waals surface area contributed by atoms with E-state index in [0.29, 0.717) is 12.8 Å². The zero-order valence-electron chi connectivity index (χ0n) is 40.4. The van der Waals surface area contributed by atoms with Crippen molar-refractivity contribution in [2.24, 2.45) is 0 Å². The molecule has 396 valence electrons. The molecule has 19 heteroatoms. The van der Waals surface area contributed by atoms with Crippen LogP contribution in [-0.4, -0.2) is 193 Å². The number of amides is 1. The Labute approximate surface area is 398 Å². The summed E-state index contributed by atoms with van der Waals surface area (Å²) in [7, 11) is 0. The lowest BCUT2D eigenvalue weighted by Crippen LogP contribution is -2.66. The van der Waals surface area contributed by atoms with E-state index in [4.69, 9.17) is 28.4 Å². The van der Waals surface area contributed by atoms with Crippen molar-refractivity contribution in [2.45, 2.75) is 272 Å². The van der Waals surface area contributed by atoms with Crippen LogP contribution < -0.4 is 5.32 Å². The van der Waals surface area contributed by atoms with E-state index in [1.165, 1.54) is 89.9 Å². The van der Waals surface area contributed by atoms with Crippen molar-refractivity contribution in [3.05, 3.63) is 0 Å². The van der Waals surface area contributed by atoms with Gasteiger partial charge in [-0.1, -0.05) is 149 Å². The Bertz CT molecular complexity index is 1250. The highest BCUT2D eigenvalue weighted by Crippen LogP contribution is 2.33. The van der Waals surface area contributed by atoms with Crippen molar-refractivity contribution in [3.63, 3.8) is 0 Å². The smallest absolute Gasteiger partial charge is 0.220 e. The number of unbranched alkanes of at least 4 members (excludes halogenated alkanes) is 20. The number of ether oxygens (including phenoxy) is 6. The van der Waals surface area contributed by atoms with E-state index in [0.717, 1.165) is 44.9 Å². The molecule has 17 atom stereocenters. The maximum absolute atomic E-state index is 13.2. The Morgan fingerprint density at radius 1 is 0.478 bits per heavy atom. The van der Waals surface area contributed by atoms with Crippen molar-refractivity contribution < 1.29 is 89.4 Å². The molecule has 0 radical (unpaired) electrons. The first-order valence-electron chi connectivity index (χ1n) is 25.8. The molecule has 0 spiro atoms. The molecule has 0 aliphatic carbocycles. The van der Waals surface area contributed by atoms with Gasteiger partial charge >= 0.3 is 0 Å². The second-order valence-corrected chi connectivity index (χ2v) is 19.0. The molecule has 17 unspecified atom stereocenters. The fourth-order valence-electron chi connectivity index (χ4n) is 9.08. The Morgan fingerprint density at radius 2 is 0.851 bits per heavy atom. The zero-order chi connectivity index (χ0) is 49.1.